The number of nitrogens with one attached hydrogen (secondary N) is 1. The van der Waals surface area contributed by atoms with Gasteiger partial charge in [0.15, 0.2) is 5.54 Å². The number of benzene rings is 1. The Kier molecular flexibility index (Phi) is 3.97. The van der Waals surface area contributed by atoms with E-state index in [4.69, 9.17) is 4.74 Å². The van der Waals surface area contributed by atoms with Gasteiger partial charge in [0.2, 0.25) is 0 Å². The number of aromatic nitrogens is 2. The summed E-state index contributed by atoms with van der Waals surface area (Å²) in [5.74, 6) is -0.336. The van der Waals surface area contributed by atoms with E-state index < -0.39 is 5.54 Å². The molecule has 1 aromatic heterocycles. The van der Waals surface area contributed by atoms with E-state index >= 15 is 0 Å². The lowest BCUT2D eigenvalue weighted by molar-refractivity contribution is -0.149. The predicted octanol–water partition coefficient (Wildman–Crippen LogP) is 1.17. The van der Waals surface area contributed by atoms with E-state index in [1.165, 1.54) is 7.11 Å². The van der Waals surface area contributed by atoms with Gasteiger partial charge in [0.1, 0.15) is 0 Å². The summed E-state index contributed by atoms with van der Waals surface area (Å²) in [5, 5.41) is 7.25. The highest BCUT2D eigenvalue weighted by Crippen LogP contribution is 2.24. The van der Waals surface area contributed by atoms with Gasteiger partial charge in [0.05, 0.1) is 13.7 Å². The van der Waals surface area contributed by atoms with Gasteiger partial charge in [-0.15, -0.1) is 0 Å². The molecule has 19 heavy (non-hydrogen) atoms. The van der Waals surface area contributed by atoms with Crippen LogP contribution in [-0.4, -0.2) is 29.9 Å². The van der Waals surface area contributed by atoms with Gasteiger partial charge in [0, 0.05) is 12.4 Å². The molecular weight excluding hydrogens is 242 g/mol. The first kappa shape index (κ1) is 13.3. The maximum Gasteiger partial charge on any atom is 0.332 e. The lowest BCUT2D eigenvalue weighted by atomic mass is 9.90. The number of methoxy groups -OCH3 is 1. The third-order valence-corrected chi connectivity index (χ3v) is 3.19. The summed E-state index contributed by atoms with van der Waals surface area (Å²) in [7, 11) is 3.13. The zero-order valence-corrected chi connectivity index (χ0v) is 11.0. The zero-order valence-electron chi connectivity index (χ0n) is 11.0. The lowest BCUT2D eigenvalue weighted by Gasteiger charge is -2.31. The predicted molar refractivity (Wildman–Crippen MR) is 71.4 cm³/mol. The summed E-state index contributed by atoms with van der Waals surface area (Å²) in [4.78, 5) is 12.3. The Morgan fingerprint density at radius 2 is 2.11 bits per heavy atom. The summed E-state index contributed by atoms with van der Waals surface area (Å²) in [6.45, 7) is 0.368. The average molecular weight is 259 g/mol. The summed E-state index contributed by atoms with van der Waals surface area (Å²) in [5.41, 5.74) is -0.0953. The Balaban J connectivity index is 2.45. The first-order chi connectivity index (χ1) is 9.23. The van der Waals surface area contributed by atoms with Crippen molar-refractivity contribution in [1.82, 2.24) is 15.1 Å². The second kappa shape index (κ2) is 5.67. The van der Waals surface area contributed by atoms with Crippen LogP contribution in [0.4, 0.5) is 0 Å². The van der Waals surface area contributed by atoms with Crippen LogP contribution in [0.3, 0.4) is 0 Å². The van der Waals surface area contributed by atoms with Crippen LogP contribution in [0.15, 0.2) is 48.8 Å². The Morgan fingerprint density at radius 3 is 2.63 bits per heavy atom. The highest BCUT2D eigenvalue weighted by atomic mass is 16.5. The minimum atomic E-state index is -0.942. The molecule has 0 saturated carbocycles. The van der Waals surface area contributed by atoms with Gasteiger partial charge in [0.25, 0.3) is 0 Å². The van der Waals surface area contributed by atoms with Gasteiger partial charge in [-0.25, -0.2) is 4.79 Å². The fourth-order valence-electron chi connectivity index (χ4n) is 2.13. The normalized spacial score (nSPS) is 13.8. The number of likely N-dealkylation sites (N-methyl/N-ethyl adjacent to an activating group) is 1. The molecule has 0 aliphatic rings. The molecule has 1 atom stereocenters. The van der Waals surface area contributed by atoms with Crippen molar-refractivity contribution in [2.24, 2.45) is 0 Å². The summed E-state index contributed by atoms with van der Waals surface area (Å²) < 4.78 is 6.68. The Labute approximate surface area is 112 Å². The van der Waals surface area contributed by atoms with Crippen LogP contribution < -0.4 is 5.32 Å². The molecule has 2 aromatic rings. The van der Waals surface area contributed by atoms with Crippen molar-refractivity contribution in [1.29, 1.82) is 0 Å². The quantitative estimate of drug-likeness (QED) is 0.819. The van der Waals surface area contributed by atoms with Crippen molar-refractivity contribution in [2.45, 2.75) is 12.1 Å². The van der Waals surface area contributed by atoms with Crippen molar-refractivity contribution in [3.05, 3.63) is 54.4 Å². The number of carbonyl (C=O) groups is 1. The average Bonchev–Trinajstić information content (AvgIpc) is 2.97. The topological polar surface area (TPSA) is 56.2 Å². The van der Waals surface area contributed by atoms with Crippen LogP contribution >= 0.6 is 0 Å². The molecule has 0 amide bonds. The van der Waals surface area contributed by atoms with Crippen LogP contribution in [0.1, 0.15) is 5.56 Å². The minimum Gasteiger partial charge on any atom is -0.467 e. The van der Waals surface area contributed by atoms with Crippen molar-refractivity contribution in [2.75, 3.05) is 14.2 Å². The number of nitrogens with zero attached hydrogens (tertiary/aromatic N) is 2. The second-order valence-electron chi connectivity index (χ2n) is 4.22. The smallest absolute Gasteiger partial charge is 0.332 e. The molecule has 1 unspecified atom stereocenters. The largest absolute Gasteiger partial charge is 0.467 e. The van der Waals surface area contributed by atoms with Gasteiger partial charge >= 0.3 is 5.97 Å². The summed E-state index contributed by atoms with van der Waals surface area (Å²) in [6, 6.07) is 11.3. The molecule has 1 heterocycles. The molecule has 100 valence electrons. The number of ether oxygens (including phenoxy) is 1. The van der Waals surface area contributed by atoms with E-state index in [1.807, 2.05) is 42.6 Å². The zero-order chi connectivity index (χ0) is 13.7. The van der Waals surface area contributed by atoms with Crippen molar-refractivity contribution in [3.63, 3.8) is 0 Å². The van der Waals surface area contributed by atoms with Crippen LogP contribution in [0, 0.1) is 0 Å². The van der Waals surface area contributed by atoms with Crippen LogP contribution in [-0.2, 0) is 21.6 Å². The van der Waals surface area contributed by atoms with E-state index in [-0.39, 0.29) is 5.97 Å². The molecule has 0 radical (unpaired) electrons. The first-order valence-electron chi connectivity index (χ1n) is 6.03. The first-order valence-corrected chi connectivity index (χ1v) is 6.03. The minimum absolute atomic E-state index is 0.336. The monoisotopic (exact) mass is 259 g/mol. The maximum absolute atomic E-state index is 12.3. The molecule has 0 aliphatic carbocycles. The lowest BCUT2D eigenvalue weighted by Crippen LogP contribution is -2.51. The number of hydrogen-bond acceptors (Lipinski definition) is 4. The molecule has 5 nitrogen and oxygen atoms in total. The molecular formula is C14H17N3O2. The van der Waals surface area contributed by atoms with Crippen LogP contribution in [0.2, 0.25) is 0 Å². The second-order valence-corrected chi connectivity index (χ2v) is 4.22. The van der Waals surface area contributed by atoms with E-state index in [0.717, 1.165) is 5.56 Å². The van der Waals surface area contributed by atoms with Crippen molar-refractivity contribution >= 4 is 5.97 Å². The fourth-order valence-corrected chi connectivity index (χ4v) is 2.13. The Bertz CT molecular complexity index is 525. The maximum atomic E-state index is 12.3. The SMILES string of the molecule is CNC(Cn1cccn1)(C(=O)OC)c1ccccc1. The van der Waals surface area contributed by atoms with Crippen LogP contribution in [0.25, 0.3) is 0 Å². The third-order valence-electron chi connectivity index (χ3n) is 3.19. The molecule has 0 aliphatic heterocycles. The molecule has 5 heteroatoms. The van der Waals surface area contributed by atoms with E-state index in [1.54, 1.807) is 17.9 Å². The number of rotatable bonds is 5. The van der Waals surface area contributed by atoms with E-state index in [2.05, 4.69) is 10.4 Å². The molecule has 1 N–H and O–H groups in total. The molecule has 0 fully saturated rings. The number of carbonyl (C=O) groups excluding carboxylic acids is 1. The summed E-state index contributed by atoms with van der Waals surface area (Å²) >= 11 is 0. The molecule has 0 bridgehead atoms. The van der Waals surface area contributed by atoms with E-state index in [0.29, 0.717) is 6.54 Å². The fraction of sp³-hybridized carbons (Fsp3) is 0.286. The van der Waals surface area contributed by atoms with Gasteiger partial charge in [-0.1, -0.05) is 30.3 Å². The molecule has 1 aromatic carbocycles. The van der Waals surface area contributed by atoms with Gasteiger partial charge in [-0.05, 0) is 18.7 Å². The van der Waals surface area contributed by atoms with Gasteiger partial charge < -0.3 is 4.74 Å². The summed E-state index contributed by atoms with van der Waals surface area (Å²) in [6.07, 6.45) is 3.50. The van der Waals surface area contributed by atoms with Gasteiger partial charge in [-0.3, -0.25) is 10.00 Å². The standard InChI is InChI=1S/C14H17N3O2/c1-15-14(13(18)19-2,11-17-10-6-9-16-17)12-7-4-3-5-8-12/h3-10,15H,11H2,1-2H3. The van der Waals surface area contributed by atoms with Gasteiger partial charge in [-0.2, -0.15) is 5.10 Å². The third kappa shape index (κ3) is 2.51. The highest BCUT2D eigenvalue weighted by molar-refractivity contribution is 5.82. The molecule has 0 spiro atoms. The number of hydrogen-bond donors (Lipinski definition) is 1. The molecule has 0 saturated heterocycles. The number of esters is 1. The van der Waals surface area contributed by atoms with Crippen molar-refractivity contribution < 1.29 is 9.53 Å². The Hall–Kier alpha value is -2.14. The Morgan fingerprint density at radius 1 is 1.37 bits per heavy atom. The molecule has 2 rings (SSSR count). The highest BCUT2D eigenvalue weighted by Gasteiger charge is 2.40. The van der Waals surface area contributed by atoms with E-state index in [9.17, 15) is 4.79 Å². The van der Waals surface area contributed by atoms with Crippen LogP contribution in [0.5, 0.6) is 0 Å². The van der Waals surface area contributed by atoms with Crippen molar-refractivity contribution in [3.8, 4) is 0 Å².